The summed E-state index contributed by atoms with van der Waals surface area (Å²) in [6.45, 7) is 0.222. The topological polar surface area (TPSA) is 65.4 Å². The summed E-state index contributed by atoms with van der Waals surface area (Å²) in [5.74, 6) is -1.62. The van der Waals surface area contributed by atoms with Crippen LogP contribution in [0.2, 0.25) is 0 Å². The summed E-state index contributed by atoms with van der Waals surface area (Å²) in [7, 11) is 0. The van der Waals surface area contributed by atoms with Crippen LogP contribution in [0, 0.1) is 5.82 Å². The van der Waals surface area contributed by atoms with Crippen LogP contribution in [0.3, 0.4) is 0 Å². The number of hydrogen-bond donors (Lipinski definition) is 1. The van der Waals surface area contributed by atoms with Gasteiger partial charge in [0.2, 0.25) is 11.7 Å². The van der Waals surface area contributed by atoms with Crippen molar-refractivity contribution in [3.8, 4) is 11.5 Å². The summed E-state index contributed by atoms with van der Waals surface area (Å²) in [5, 5.41) is 2.54. The van der Waals surface area contributed by atoms with E-state index < -0.39 is 30.3 Å². The standard InChI is InChI=1S/C20H17F4N3O3/c21-13-4-2-12(3-5-13)10-25-18(28)11-27-15-9-17-16(29-6-1-7-30-17)8-14(15)26-19(27)20(22,23)24/h2-5,8-9H,1,6-7,10-11H2,(H,25,28). The molecule has 0 atom stereocenters. The van der Waals surface area contributed by atoms with Gasteiger partial charge in [-0.15, -0.1) is 0 Å². The lowest BCUT2D eigenvalue weighted by atomic mass is 10.2. The second-order valence-corrected chi connectivity index (χ2v) is 6.76. The lowest BCUT2D eigenvalue weighted by Gasteiger charge is -2.12. The van der Waals surface area contributed by atoms with Crippen LogP contribution >= 0.6 is 0 Å². The number of aromatic nitrogens is 2. The van der Waals surface area contributed by atoms with Crippen molar-refractivity contribution >= 4 is 16.9 Å². The average molecular weight is 423 g/mol. The van der Waals surface area contributed by atoms with Gasteiger partial charge in [0, 0.05) is 25.1 Å². The minimum atomic E-state index is -4.75. The molecule has 0 spiro atoms. The Bertz CT molecular complexity index is 1080. The first-order chi connectivity index (χ1) is 14.3. The SMILES string of the molecule is O=C(Cn1c(C(F)(F)F)nc2cc3c(cc21)OCCCO3)NCc1ccc(F)cc1. The van der Waals surface area contributed by atoms with Gasteiger partial charge in [0.25, 0.3) is 0 Å². The van der Waals surface area contributed by atoms with Crippen LogP contribution in [0.5, 0.6) is 11.5 Å². The van der Waals surface area contributed by atoms with Gasteiger partial charge in [-0.2, -0.15) is 13.2 Å². The molecule has 1 aliphatic rings. The molecule has 0 aliphatic carbocycles. The fourth-order valence-corrected chi connectivity index (χ4v) is 3.16. The summed E-state index contributed by atoms with van der Waals surface area (Å²) in [4.78, 5) is 16.0. The Kier molecular flexibility index (Phi) is 5.23. The molecule has 4 rings (SSSR count). The second kappa shape index (κ2) is 7.85. The zero-order chi connectivity index (χ0) is 21.3. The van der Waals surface area contributed by atoms with Gasteiger partial charge in [0.15, 0.2) is 11.5 Å². The minimum absolute atomic E-state index is 0.0536. The number of rotatable bonds is 4. The summed E-state index contributed by atoms with van der Waals surface area (Å²) < 4.78 is 65.5. The monoisotopic (exact) mass is 423 g/mol. The summed E-state index contributed by atoms with van der Waals surface area (Å²) >= 11 is 0. The molecule has 0 radical (unpaired) electrons. The fraction of sp³-hybridized carbons (Fsp3) is 0.300. The van der Waals surface area contributed by atoms with Crippen molar-refractivity contribution in [3.05, 3.63) is 53.6 Å². The molecule has 0 bridgehead atoms. The Morgan fingerprint density at radius 1 is 1.10 bits per heavy atom. The molecule has 0 saturated heterocycles. The molecule has 1 N–H and O–H groups in total. The van der Waals surface area contributed by atoms with Crippen molar-refractivity contribution in [2.75, 3.05) is 13.2 Å². The summed E-state index contributed by atoms with van der Waals surface area (Å²) in [6.07, 6.45) is -4.11. The summed E-state index contributed by atoms with van der Waals surface area (Å²) in [6, 6.07) is 8.23. The average Bonchev–Trinajstić information content (AvgIpc) is 2.89. The van der Waals surface area contributed by atoms with E-state index in [-0.39, 0.29) is 17.6 Å². The van der Waals surface area contributed by atoms with Crippen molar-refractivity contribution in [2.24, 2.45) is 0 Å². The highest BCUT2D eigenvalue weighted by Crippen LogP contribution is 2.37. The van der Waals surface area contributed by atoms with E-state index in [0.29, 0.717) is 36.7 Å². The van der Waals surface area contributed by atoms with E-state index in [1.807, 2.05) is 0 Å². The van der Waals surface area contributed by atoms with Gasteiger partial charge in [-0.3, -0.25) is 4.79 Å². The molecule has 2 heterocycles. The number of amides is 1. The number of hydrogen-bond acceptors (Lipinski definition) is 4. The normalized spacial score (nSPS) is 13.9. The molecule has 1 aliphatic heterocycles. The first-order valence-electron chi connectivity index (χ1n) is 9.19. The number of carbonyl (C=O) groups is 1. The number of alkyl halides is 3. The number of benzene rings is 2. The Hall–Kier alpha value is -3.30. The zero-order valence-corrected chi connectivity index (χ0v) is 15.6. The third kappa shape index (κ3) is 4.17. The van der Waals surface area contributed by atoms with Gasteiger partial charge in [-0.05, 0) is 17.7 Å². The number of nitrogens with one attached hydrogen (secondary N) is 1. The lowest BCUT2D eigenvalue weighted by Crippen LogP contribution is -2.29. The molecule has 0 fully saturated rings. The van der Waals surface area contributed by atoms with Gasteiger partial charge in [-0.1, -0.05) is 12.1 Å². The maximum atomic E-state index is 13.6. The van der Waals surface area contributed by atoms with Crippen molar-refractivity contribution in [1.29, 1.82) is 0 Å². The third-order valence-electron chi connectivity index (χ3n) is 4.58. The van der Waals surface area contributed by atoms with E-state index in [1.165, 1.54) is 36.4 Å². The molecular weight excluding hydrogens is 406 g/mol. The van der Waals surface area contributed by atoms with Crippen LogP contribution in [0.1, 0.15) is 17.8 Å². The number of nitrogens with zero attached hydrogens (tertiary/aromatic N) is 2. The van der Waals surface area contributed by atoms with Crippen molar-refractivity contribution in [2.45, 2.75) is 25.7 Å². The van der Waals surface area contributed by atoms with E-state index in [2.05, 4.69) is 10.3 Å². The molecular formula is C20H17F4N3O3. The predicted octanol–water partition coefficient (Wildman–Crippen LogP) is 3.67. The largest absolute Gasteiger partial charge is 0.489 e. The van der Waals surface area contributed by atoms with Crippen LogP contribution < -0.4 is 14.8 Å². The molecule has 0 unspecified atom stereocenters. The van der Waals surface area contributed by atoms with Gasteiger partial charge < -0.3 is 19.4 Å². The van der Waals surface area contributed by atoms with Crippen LogP contribution in [0.4, 0.5) is 17.6 Å². The van der Waals surface area contributed by atoms with Gasteiger partial charge in [-0.25, -0.2) is 9.37 Å². The van der Waals surface area contributed by atoms with Crippen LogP contribution in [-0.2, 0) is 24.1 Å². The third-order valence-corrected chi connectivity index (χ3v) is 4.58. The Balaban J connectivity index is 1.63. The molecule has 30 heavy (non-hydrogen) atoms. The summed E-state index contributed by atoms with van der Waals surface area (Å²) in [5.41, 5.74) is 0.786. The van der Waals surface area contributed by atoms with Gasteiger partial charge >= 0.3 is 6.18 Å². The predicted molar refractivity (Wildman–Crippen MR) is 98.6 cm³/mol. The Labute approximate surface area is 168 Å². The molecule has 10 heteroatoms. The number of imidazole rings is 1. The zero-order valence-electron chi connectivity index (χ0n) is 15.6. The highest BCUT2D eigenvalue weighted by atomic mass is 19.4. The van der Waals surface area contributed by atoms with Crippen LogP contribution in [-0.4, -0.2) is 28.7 Å². The molecule has 6 nitrogen and oxygen atoms in total. The minimum Gasteiger partial charge on any atom is -0.489 e. The maximum absolute atomic E-state index is 13.6. The van der Waals surface area contributed by atoms with Crippen molar-refractivity contribution in [3.63, 3.8) is 0 Å². The van der Waals surface area contributed by atoms with Crippen LogP contribution in [0.15, 0.2) is 36.4 Å². The number of fused-ring (bicyclic) bond motifs is 2. The Morgan fingerprint density at radius 3 is 2.43 bits per heavy atom. The number of ether oxygens (including phenoxy) is 2. The highest BCUT2D eigenvalue weighted by Gasteiger charge is 2.38. The number of halogens is 4. The molecule has 1 aromatic heterocycles. The van der Waals surface area contributed by atoms with E-state index in [9.17, 15) is 22.4 Å². The first kappa shape index (κ1) is 20.0. The second-order valence-electron chi connectivity index (χ2n) is 6.76. The fourth-order valence-electron chi connectivity index (χ4n) is 3.16. The van der Waals surface area contributed by atoms with Crippen LogP contribution in [0.25, 0.3) is 11.0 Å². The maximum Gasteiger partial charge on any atom is 0.449 e. The molecule has 2 aromatic carbocycles. The van der Waals surface area contributed by atoms with E-state index in [4.69, 9.17) is 9.47 Å². The van der Waals surface area contributed by atoms with E-state index in [0.717, 1.165) is 4.57 Å². The van der Waals surface area contributed by atoms with Gasteiger partial charge in [0.1, 0.15) is 12.4 Å². The van der Waals surface area contributed by atoms with Crippen molar-refractivity contribution in [1.82, 2.24) is 14.9 Å². The smallest absolute Gasteiger partial charge is 0.449 e. The molecule has 0 saturated carbocycles. The quantitative estimate of drug-likeness (QED) is 0.651. The lowest BCUT2D eigenvalue weighted by molar-refractivity contribution is -0.147. The highest BCUT2D eigenvalue weighted by molar-refractivity contribution is 5.84. The Morgan fingerprint density at radius 2 is 1.77 bits per heavy atom. The molecule has 3 aromatic rings. The molecule has 158 valence electrons. The van der Waals surface area contributed by atoms with Crippen molar-refractivity contribution < 1.29 is 31.8 Å². The van der Waals surface area contributed by atoms with E-state index >= 15 is 0 Å². The number of carbonyl (C=O) groups excluding carboxylic acids is 1. The molecule has 1 amide bonds. The van der Waals surface area contributed by atoms with Gasteiger partial charge in [0.05, 0.1) is 24.2 Å². The van der Waals surface area contributed by atoms with E-state index in [1.54, 1.807) is 0 Å². The first-order valence-corrected chi connectivity index (χ1v) is 9.19.